The maximum Gasteiger partial charge on any atom is 0.125 e. The smallest absolute Gasteiger partial charge is 0.125 e. The molecule has 0 aliphatic heterocycles. The van der Waals surface area contributed by atoms with Gasteiger partial charge in [0.2, 0.25) is 0 Å². The van der Waals surface area contributed by atoms with Gasteiger partial charge < -0.3 is 5.73 Å². The molecule has 2 heterocycles. The van der Waals surface area contributed by atoms with Crippen molar-refractivity contribution in [3.8, 4) is 11.4 Å². The second kappa shape index (κ2) is 4.76. The molecule has 16 heavy (non-hydrogen) atoms. The van der Waals surface area contributed by atoms with Gasteiger partial charge in [0.25, 0.3) is 0 Å². The van der Waals surface area contributed by atoms with Crippen LogP contribution in [0.15, 0.2) is 28.9 Å². The lowest BCUT2D eigenvalue weighted by atomic mass is 10.2. The Bertz CT molecular complexity index is 478. The van der Waals surface area contributed by atoms with Crippen LogP contribution >= 0.6 is 15.9 Å². The van der Waals surface area contributed by atoms with Crippen LogP contribution < -0.4 is 5.73 Å². The molecule has 0 spiro atoms. The Morgan fingerprint density at radius 3 is 2.88 bits per heavy atom. The van der Waals surface area contributed by atoms with Gasteiger partial charge in [0, 0.05) is 12.7 Å². The Balaban J connectivity index is 2.46. The van der Waals surface area contributed by atoms with Gasteiger partial charge in [0.05, 0.1) is 22.4 Å². The first-order valence-corrected chi connectivity index (χ1v) is 5.87. The molecule has 2 N–H and O–H groups in total. The van der Waals surface area contributed by atoms with Crippen molar-refractivity contribution in [3.63, 3.8) is 0 Å². The van der Waals surface area contributed by atoms with E-state index in [2.05, 4.69) is 26.0 Å². The molecule has 84 valence electrons. The summed E-state index contributed by atoms with van der Waals surface area (Å²) in [7, 11) is 0. The Labute approximate surface area is 103 Å². The van der Waals surface area contributed by atoms with Crippen molar-refractivity contribution < 1.29 is 0 Å². The molecule has 0 aliphatic carbocycles. The third-order valence-corrected chi connectivity index (χ3v) is 3.33. The summed E-state index contributed by atoms with van der Waals surface area (Å²) in [5.41, 5.74) is 8.35. The molecular weight excluding hydrogens is 268 g/mol. The zero-order valence-electron chi connectivity index (χ0n) is 9.02. The summed E-state index contributed by atoms with van der Waals surface area (Å²) >= 11 is 3.54. The highest BCUT2D eigenvalue weighted by molar-refractivity contribution is 9.10. The molecule has 4 nitrogen and oxygen atoms in total. The molecule has 0 aliphatic rings. The van der Waals surface area contributed by atoms with E-state index in [0.717, 1.165) is 28.1 Å². The first-order valence-electron chi connectivity index (χ1n) is 5.08. The van der Waals surface area contributed by atoms with Crippen LogP contribution in [0.2, 0.25) is 0 Å². The van der Waals surface area contributed by atoms with Gasteiger partial charge in [-0.15, -0.1) is 0 Å². The lowest BCUT2D eigenvalue weighted by Crippen LogP contribution is -2.12. The minimum Gasteiger partial charge on any atom is -0.329 e. The second-order valence-corrected chi connectivity index (χ2v) is 4.27. The van der Waals surface area contributed by atoms with E-state index in [1.165, 1.54) is 0 Å². The summed E-state index contributed by atoms with van der Waals surface area (Å²) in [6.07, 6.45) is 1.76. The molecule has 0 saturated carbocycles. The molecule has 0 saturated heterocycles. The first-order chi connectivity index (χ1) is 7.74. The van der Waals surface area contributed by atoms with Crippen LogP contribution in [0.5, 0.6) is 0 Å². The molecule has 0 fully saturated rings. The number of rotatable bonds is 3. The quantitative estimate of drug-likeness (QED) is 0.935. The highest BCUT2D eigenvalue weighted by atomic mass is 79.9. The SMILES string of the molecule is Cc1c(Br)c(-c2ccccn2)nn1CCN. The van der Waals surface area contributed by atoms with Crippen molar-refractivity contribution in [1.29, 1.82) is 0 Å². The van der Waals surface area contributed by atoms with Crippen molar-refractivity contribution in [1.82, 2.24) is 14.8 Å². The fourth-order valence-electron chi connectivity index (χ4n) is 1.53. The predicted octanol–water partition coefficient (Wildman–Crippen LogP) is 1.97. The maximum absolute atomic E-state index is 5.54. The van der Waals surface area contributed by atoms with Gasteiger partial charge >= 0.3 is 0 Å². The van der Waals surface area contributed by atoms with Crippen LogP contribution in [-0.2, 0) is 6.54 Å². The maximum atomic E-state index is 5.54. The van der Waals surface area contributed by atoms with E-state index < -0.39 is 0 Å². The average molecular weight is 281 g/mol. The van der Waals surface area contributed by atoms with Gasteiger partial charge in [-0.05, 0) is 35.0 Å². The van der Waals surface area contributed by atoms with E-state index in [4.69, 9.17) is 5.73 Å². The minimum atomic E-state index is 0.580. The molecule has 5 heteroatoms. The molecule has 0 aromatic carbocycles. The lowest BCUT2D eigenvalue weighted by Gasteiger charge is -1.99. The monoisotopic (exact) mass is 280 g/mol. The summed E-state index contributed by atoms with van der Waals surface area (Å²) in [6.45, 7) is 3.31. The number of pyridine rings is 1. The van der Waals surface area contributed by atoms with E-state index >= 15 is 0 Å². The van der Waals surface area contributed by atoms with Crippen LogP contribution in [0, 0.1) is 6.92 Å². The standard InChI is InChI=1S/C11H13BrN4/c1-8-10(12)11(15-16(8)7-5-13)9-4-2-3-6-14-9/h2-4,6H,5,7,13H2,1H3. The van der Waals surface area contributed by atoms with E-state index in [1.807, 2.05) is 29.8 Å². The zero-order valence-corrected chi connectivity index (χ0v) is 10.6. The largest absolute Gasteiger partial charge is 0.329 e. The van der Waals surface area contributed by atoms with Crippen LogP contribution in [0.4, 0.5) is 0 Å². The fraction of sp³-hybridized carbons (Fsp3) is 0.273. The Morgan fingerprint density at radius 2 is 2.25 bits per heavy atom. The van der Waals surface area contributed by atoms with Crippen molar-refractivity contribution in [2.45, 2.75) is 13.5 Å². The molecule has 2 aromatic rings. The van der Waals surface area contributed by atoms with Crippen molar-refractivity contribution in [2.24, 2.45) is 5.73 Å². The van der Waals surface area contributed by atoms with E-state index in [9.17, 15) is 0 Å². The Kier molecular flexibility index (Phi) is 3.36. The highest BCUT2D eigenvalue weighted by Gasteiger charge is 2.13. The summed E-state index contributed by atoms with van der Waals surface area (Å²) < 4.78 is 2.88. The molecule has 0 amide bonds. The predicted molar refractivity (Wildman–Crippen MR) is 66.9 cm³/mol. The van der Waals surface area contributed by atoms with Crippen molar-refractivity contribution in [2.75, 3.05) is 6.54 Å². The third kappa shape index (κ3) is 2.01. The van der Waals surface area contributed by atoms with Gasteiger partial charge in [0.15, 0.2) is 0 Å². The molecule has 0 radical (unpaired) electrons. The highest BCUT2D eigenvalue weighted by Crippen LogP contribution is 2.28. The van der Waals surface area contributed by atoms with Gasteiger partial charge in [0.1, 0.15) is 5.69 Å². The summed E-state index contributed by atoms with van der Waals surface area (Å²) in [5.74, 6) is 0. The number of hydrogen-bond acceptors (Lipinski definition) is 3. The van der Waals surface area contributed by atoms with Gasteiger partial charge in [-0.1, -0.05) is 6.07 Å². The van der Waals surface area contributed by atoms with Gasteiger partial charge in [-0.25, -0.2) is 0 Å². The molecule has 2 rings (SSSR count). The topological polar surface area (TPSA) is 56.7 Å². The average Bonchev–Trinajstić information content (AvgIpc) is 2.59. The van der Waals surface area contributed by atoms with Crippen molar-refractivity contribution >= 4 is 15.9 Å². The minimum absolute atomic E-state index is 0.580. The van der Waals surface area contributed by atoms with Gasteiger partial charge in [-0.3, -0.25) is 9.67 Å². The Morgan fingerprint density at radius 1 is 1.44 bits per heavy atom. The van der Waals surface area contributed by atoms with Crippen molar-refractivity contribution in [3.05, 3.63) is 34.6 Å². The number of nitrogens with zero attached hydrogens (tertiary/aromatic N) is 3. The summed E-state index contributed by atoms with van der Waals surface area (Å²) in [5, 5.41) is 4.50. The number of hydrogen-bond donors (Lipinski definition) is 1. The van der Waals surface area contributed by atoms with E-state index in [-0.39, 0.29) is 0 Å². The molecule has 0 unspecified atom stereocenters. The molecule has 0 atom stereocenters. The van der Waals surface area contributed by atoms with Crippen LogP contribution in [-0.4, -0.2) is 21.3 Å². The second-order valence-electron chi connectivity index (χ2n) is 3.47. The number of nitrogens with two attached hydrogens (primary N) is 1. The van der Waals surface area contributed by atoms with E-state index in [0.29, 0.717) is 6.54 Å². The molecule has 0 bridgehead atoms. The summed E-state index contributed by atoms with van der Waals surface area (Å²) in [6, 6.07) is 5.78. The number of halogens is 1. The lowest BCUT2D eigenvalue weighted by molar-refractivity contribution is 0.609. The zero-order chi connectivity index (χ0) is 11.5. The van der Waals surface area contributed by atoms with Crippen LogP contribution in [0.3, 0.4) is 0 Å². The molecular formula is C11H13BrN4. The Hall–Kier alpha value is -1.20. The van der Waals surface area contributed by atoms with Crippen LogP contribution in [0.25, 0.3) is 11.4 Å². The van der Waals surface area contributed by atoms with Crippen LogP contribution in [0.1, 0.15) is 5.69 Å². The summed E-state index contributed by atoms with van der Waals surface area (Å²) in [4.78, 5) is 4.29. The number of aromatic nitrogens is 3. The molecule has 2 aromatic heterocycles. The third-order valence-electron chi connectivity index (χ3n) is 2.38. The first kappa shape index (κ1) is 11.3. The van der Waals surface area contributed by atoms with E-state index in [1.54, 1.807) is 6.20 Å². The fourth-order valence-corrected chi connectivity index (χ4v) is 2.02. The normalized spacial score (nSPS) is 10.7. The van der Waals surface area contributed by atoms with Gasteiger partial charge in [-0.2, -0.15) is 5.10 Å².